The molecule has 134 valence electrons. The molecule has 2 rings (SSSR count). The number of hydrogen-bond donors (Lipinski definition) is 1. The molecular weight excluding hydrogens is 324 g/mol. The quantitative estimate of drug-likeness (QED) is 0.805. The van der Waals surface area contributed by atoms with Gasteiger partial charge in [-0.15, -0.1) is 0 Å². The topological polar surface area (TPSA) is 45.2 Å². The van der Waals surface area contributed by atoms with E-state index in [0.29, 0.717) is 0 Å². The molecule has 2 amide bonds. The maximum atomic E-state index is 13.7. The molecule has 1 heterocycles. The van der Waals surface area contributed by atoms with Crippen molar-refractivity contribution in [1.29, 1.82) is 0 Å². The Balaban J connectivity index is 2.06. The molecule has 6 heteroatoms. The third-order valence-corrected chi connectivity index (χ3v) is 4.13. The summed E-state index contributed by atoms with van der Waals surface area (Å²) in [6.45, 7) is 2.02. The number of unbranched alkanes of at least 4 members (excludes halogenated alkanes) is 1. The van der Waals surface area contributed by atoms with Gasteiger partial charge in [0.1, 0.15) is 11.6 Å². The van der Waals surface area contributed by atoms with Crippen LogP contribution in [-0.4, -0.2) is 23.0 Å². The van der Waals surface area contributed by atoms with Gasteiger partial charge in [0.25, 0.3) is 0 Å². The van der Waals surface area contributed by atoms with E-state index in [1.54, 1.807) is 24.3 Å². The molecule has 25 heavy (non-hydrogen) atoms. The van der Waals surface area contributed by atoms with Crippen molar-refractivity contribution in [2.24, 2.45) is 0 Å². The number of rotatable bonds is 7. The highest BCUT2D eigenvalue weighted by Crippen LogP contribution is 2.24. The first-order valence-electron chi connectivity index (χ1n) is 8.37. The number of halogens is 2. The normalized spacial score (nSPS) is 11.8. The van der Waals surface area contributed by atoms with Crippen molar-refractivity contribution in [2.45, 2.75) is 38.8 Å². The molecule has 1 atom stereocenters. The first-order chi connectivity index (χ1) is 12.0. The SMILES string of the molecule is CCCC[C@H](c1cccnc1)N(C)C(=O)NCc1cc(F)ccc1F. The van der Waals surface area contributed by atoms with E-state index >= 15 is 0 Å². The predicted molar refractivity (Wildman–Crippen MR) is 92.9 cm³/mol. The molecule has 0 spiro atoms. The van der Waals surface area contributed by atoms with Gasteiger partial charge in [-0.3, -0.25) is 4.98 Å². The molecule has 2 aromatic rings. The molecule has 1 aromatic carbocycles. The van der Waals surface area contributed by atoms with Crippen LogP contribution in [0.4, 0.5) is 13.6 Å². The van der Waals surface area contributed by atoms with Gasteiger partial charge in [0.15, 0.2) is 0 Å². The third-order valence-electron chi connectivity index (χ3n) is 4.13. The van der Waals surface area contributed by atoms with E-state index in [0.717, 1.165) is 43.0 Å². The summed E-state index contributed by atoms with van der Waals surface area (Å²) in [6.07, 6.45) is 6.22. The lowest BCUT2D eigenvalue weighted by atomic mass is 10.0. The van der Waals surface area contributed by atoms with Crippen LogP contribution in [0.25, 0.3) is 0 Å². The summed E-state index contributed by atoms with van der Waals surface area (Å²) in [6, 6.07) is 6.51. The Morgan fingerprint density at radius 2 is 2.12 bits per heavy atom. The van der Waals surface area contributed by atoms with Crippen molar-refractivity contribution in [3.63, 3.8) is 0 Å². The van der Waals surface area contributed by atoms with E-state index in [-0.39, 0.29) is 24.2 Å². The van der Waals surface area contributed by atoms with Crippen molar-refractivity contribution in [3.05, 3.63) is 65.5 Å². The van der Waals surface area contributed by atoms with Gasteiger partial charge in [-0.2, -0.15) is 0 Å². The number of nitrogens with zero attached hydrogens (tertiary/aromatic N) is 2. The molecule has 0 bridgehead atoms. The second-order valence-corrected chi connectivity index (χ2v) is 5.95. The molecule has 0 aliphatic heterocycles. The number of nitrogens with one attached hydrogen (secondary N) is 1. The summed E-state index contributed by atoms with van der Waals surface area (Å²) in [4.78, 5) is 18.2. The van der Waals surface area contributed by atoms with Crippen molar-refractivity contribution < 1.29 is 13.6 Å². The van der Waals surface area contributed by atoms with Crippen molar-refractivity contribution >= 4 is 6.03 Å². The summed E-state index contributed by atoms with van der Waals surface area (Å²) in [5, 5.41) is 2.65. The maximum Gasteiger partial charge on any atom is 0.317 e. The van der Waals surface area contributed by atoms with E-state index in [1.165, 1.54) is 0 Å². The Kier molecular flexibility index (Phi) is 6.86. The van der Waals surface area contributed by atoms with Gasteiger partial charge in [0.2, 0.25) is 0 Å². The zero-order valence-corrected chi connectivity index (χ0v) is 14.5. The first kappa shape index (κ1) is 18.8. The number of benzene rings is 1. The molecule has 0 fully saturated rings. The standard InChI is InChI=1S/C19H23F2N3O/c1-3-4-7-18(14-6-5-10-22-12-14)24(2)19(25)23-13-15-11-16(20)8-9-17(15)21/h5-6,8-12,18H,3-4,7,13H2,1-2H3,(H,23,25)/t18-/m1/s1. The van der Waals surface area contributed by atoms with Gasteiger partial charge in [-0.1, -0.05) is 25.8 Å². The molecule has 0 aliphatic rings. The van der Waals surface area contributed by atoms with Crippen LogP contribution < -0.4 is 5.32 Å². The van der Waals surface area contributed by atoms with Crippen LogP contribution >= 0.6 is 0 Å². The minimum atomic E-state index is -0.542. The molecule has 1 aromatic heterocycles. The van der Waals surface area contributed by atoms with Crippen LogP contribution in [0.3, 0.4) is 0 Å². The van der Waals surface area contributed by atoms with Crippen LogP contribution in [0.2, 0.25) is 0 Å². The summed E-state index contributed by atoms with van der Waals surface area (Å²) in [5.41, 5.74) is 1.07. The summed E-state index contributed by atoms with van der Waals surface area (Å²) >= 11 is 0. The molecule has 0 saturated heterocycles. The highest BCUT2D eigenvalue weighted by Gasteiger charge is 2.21. The lowest BCUT2D eigenvalue weighted by Gasteiger charge is -2.28. The lowest BCUT2D eigenvalue weighted by molar-refractivity contribution is 0.185. The fourth-order valence-corrected chi connectivity index (χ4v) is 2.67. The fraction of sp³-hybridized carbons (Fsp3) is 0.368. The Labute approximate surface area is 146 Å². The number of hydrogen-bond acceptors (Lipinski definition) is 2. The molecule has 0 aliphatic carbocycles. The fourth-order valence-electron chi connectivity index (χ4n) is 2.67. The van der Waals surface area contributed by atoms with Crippen molar-refractivity contribution in [1.82, 2.24) is 15.2 Å². The predicted octanol–water partition coefficient (Wildman–Crippen LogP) is 4.43. The van der Waals surface area contributed by atoms with Gasteiger partial charge >= 0.3 is 6.03 Å². The van der Waals surface area contributed by atoms with E-state index < -0.39 is 11.6 Å². The van der Waals surface area contributed by atoms with Crippen LogP contribution in [0.15, 0.2) is 42.7 Å². The summed E-state index contributed by atoms with van der Waals surface area (Å²) in [5.74, 6) is -1.07. The Morgan fingerprint density at radius 3 is 2.80 bits per heavy atom. The van der Waals surface area contributed by atoms with E-state index in [9.17, 15) is 13.6 Å². The Bertz CT molecular complexity index is 694. The van der Waals surface area contributed by atoms with Gasteiger partial charge < -0.3 is 10.2 Å². The van der Waals surface area contributed by atoms with Crippen LogP contribution in [-0.2, 0) is 6.54 Å². The average Bonchev–Trinajstić information content (AvgIpc) is 2.63. The average molecular weight is 347 g/mol. The Morgan fingerprint density at radius 1 is 1.32 bits per heavy atom. The lowest BCUT2D eigenvalue weighted by Crippen LogP contribution is -2.39. The van der Waals surface area contributed by atoms with Gasteiger partial charge in [-0.05, 0) is 36.2 Å². The maximum absolute atomic E-state index is 13.7. The molecule has 0 radical (unpaired) electrons. The number of amides is 2. The summed E-state index contributed by atoms with van der Waals surface area (Å²) < 4.78 is 26.9. The first-order valence-corrected chi connectivity index (χ1v) is 8.37. The summed E-state index contributed by atoms with van der Waals surface area (Å²) in [7, 11) is 1.70. The molecule has 4 nitrogen and oxygen atoms in total. The second-order valence-electron chi connectivity index (χ2n) is 5.95. The van der Waals surface area contributed by atoms with Crippen LogP contribution in [0.5, 0.6) is 0 Å². The van der Waals surface area contributed by atoms with Crippen LogP contribution in [0.1, 0.15) is 43.4 Å². The van der Waals surface area contributed by atoms with E-state index in [4.69, 9.17) is 0 Å². The number of carbonyl (C=O) groups excluding carboxylic acids is 1. The zero-order chi connectivity index (χ0) is 18.2. The number of aromatic nitrogens is 1. The Hall–Kier alpha value is -2.50. The number of carbonyl (C=O) groups is 1. The molecule has 0 unspecified atom stereocenters. The van der Waals surface area contributed by atoms with Gasteiger partial charge in [-0.25, -0.2) is 13.6 Å². The minimum Gasteiger partial charge on any atom is -0.334 e. The smallest absolute Gasteiger partial charge is 0.317 e. The molecule has 1 N–H and O–H groups in total. The third kappa shape index (κ3) is 5.24. The zero-order valence-electron chi connectivity index (χ0n) is 14.5. The van der Waals surface area contributed by atoms with E-state index in [1.807, 2.05) is 12.1 Å². The number of urea groups is 1. The van der Waals surface area contributed by atoms with Crippen molar-refractivity contribution in [3.8, 4) is 0 Å². The molecular formula is C19H23F2N3O. The number of pyridine rings is 1. The van der Waals surface area contributed by atoms with Crippen molar-refractivity contribution in [2.75, 3.05) is 7.05 Å². The van der Waals surface area contributed by atoms with Gasteiger partial charge in [0, 0.05) is 31.5 Å². The van der Waals surface area contributed by atoms with E-state index in [2.05, 4.69) is 17.2 Å². The second kappa shape index (κ2) is 9.11. The minimum absolute atomic E-state index is 0.0691. The highest BCUT2D eigenvalue weighted by molar-refractivity contribution is 5.74. The van der Waals surface area contributed by atoms with Crippen LogP contribution in [0, 0.1) is 11.6 Å². The van der Waals surface area contributed by atoms with Gasteiger partial charge in [0.05, 0.1) is 6.04 Å². The largest absolute Gasteiger partial charge is 0.334 e. The molecule has 0 saturated carbocycles. The highest BCUT2D eigenvalue weighted by atomic mass is 19.1. The monoisotopic (exact) mass is 347 g/mol.